The van der Waals surface area contributed by atoms with Gasteiger partial charge >= 0.3 is 0 Å². The van der Waals surface area contributed by atoms with Gasteiger partial charge in [0, 0.05) is 32.0 Å². The molecule has 0 aliphatic carbocycles. The highest BCUT2D eigenvalue weighted by Gasteiger charge is 2.39. The minimum atomic E-state index is -0.122. The van der Waals surface area contributed by atoms with E-state index in [1.54, 1.807) is 0 Å². The zero-order valence-electron chi connectivity index (χ0n) is 13.1. The van der Waals surface area contributed by atoms with Crippen LogP contribution >= 0.6 is 0 Å². The second-order valence-electron chi connectivity index (χ2n) is 6.41. The number of hydrogen-bond donors (Lipinski definition) is 0. The van der Waals surface area contributed by atoms with Crippen molar-refractivity contribution < 1.29 is 9.63 Å². The number of piperidine rings is 1. The number of likely N-dealkylation sites (N-methyl/N-ethyl adjacent to an activating group) is 1. The van der Waals surface area contributed by atoms with Crippen molar-refractivity contribution in [3.8, 4) is 0 Å². The molecule has 4 rings (SSSR count). The van der Waals surface area contributed by atoms with Gasteiger partial charge in [0.25, 0.3) is 5.91 Å². The van der Waals surface area contributed by atoms with Gasteiger partial charge in [-0.15, -0.1) is 10.2 Å². The second-order valence-corrected chi connectivity index (χ2v) is 6.41. The van der Waals surface area contributed by atoms with Crippen LogP contribution in [-0.2, 0) is 22.6 Å². The number of hydrogen-bond acceptors (Lipinski definition) is 5. The van der Waals surface area contributed by atoms with Gasteiger partial charge in [-0.25, -0.2) is 5.06 Å². The maximum absolute atomic E-state index is 12.3. The van der Waals surface area contributed by atoms with Gasteiger partial charge in [0.15, 0.2) is 0 Å². The number of aromatic nitrogens is 3. The third-order valence-corrected chi connectivity index (χ3v) is 5.10. The predicted molar refractivity (Wildman–Crippen MR) is 79.0 cm³/mol. The Bertz CT molecular complexity index is 572. The van der Waals surface area contributed by atoms with Gasteiger partial charge in [0.2, 0.25) is 0 Å². The van der Waals surface area contributed by atoms with Gasteiger partial charge in [-0.05, 0) is 32.7 Å². The third-order valence-electron chi connectivity index (χ3n) is 5.10. The fourth-order valence-corrected chi connectivity index (χ4v) is 3.95. The van der Waals surface area contributed by atoms with E-state index in [9.17, 15) is 4.79 Å². The SMILES string of the molecule is CCN1OC[C@H](N2CCC[C@H](c3nnc4n3CCC4)C2)C1=O. The molecule has 4 heterocycles. The summed E-state index contributed by atoms with van der Waals surface area (Å²) in [4.78, 5) is 20.1. The van der Waals surface area contributed by atoms with E-state index < -0.39 is 0 Å². The summed E-state index contributed by atoms with van der Waals surface area (Å²) in [6.45, 7) is 5.94. The van der Waals surface area contributed by atoms with Gasteiger partial charge in [0.1, 0.15) is 17.7 Å². The first-order chi connectivity index (χ1) is 10.8. The average molecular weight is 305 g/mol. The molecular formula is C15H23N5O2. The molecule has 7 nitrogen and oxygen atoms in total. The standard InChI is InChI=1S/C15H23N5O2/c1-2-20-15(21)12(10-22-20)18-7-3-5-11(9-18)14-17-16-13-6-4-8-19(13)14/h11-12H,2-10H2,1H3/t11-,12-/m0/s1. The number of nitrogens with zero attached hydrogens (tertiary/aromatic N) is 5. The van der Waals surface area contributed by atoms with Crippen molar-refractivity contribution in [2.45, 2.75) is 51.1 Å². The summed E-state index contributed by atoms with van der Waals surface area (Å²) in [6, 6.07) is -0.122. The van der Waals surface area contributed by atoms with E-state index in [1.807, 2.05) is 6.92 Å². The lowest BCUT2D eigenvalue weighted by molar-refractivity contribution is -0.160. The topological polar surface area (TPSA) is 63.5 Å². The van der Waals surface area contributed by atoms with Crippen LogP contribution in [0.25, 0.3) is 0 Å². The van der Waals surface area contributed by atoms with Gasteiger partial charge in [-0.3, -0.25) is 14.5 Å². The average Bonchev–Trinajstić information content (AvgIpc) is 3.22. The van der Waals surface area contributed by atoms with Crippen molar-refractivity contribution >= 4 is 5.91 Å². The molecule has 3 aliphatic rings. The van der Waals surface area contributed by atoms with Crippen molar-refractivity contribution in [2.24, 2.45) is 0 Å². The molecule has 0 N–H and O–H groups in total. The molecule has 1 aromatic rings. The summed E-state index contributed by atoms with van der Waals surface area (Å²) >= 11 is 0. The zero-order valence-corrected chi connectivity index (χ0v) is 13.1. The number of aryl methyl sites for hydroxylation is 1. The minimum absolute atomic E-state index is 0.106. The molecule has 3 aliphatic heterocycles. The fraction of sp³-hybridized carbons (Fsp3) is 0.800. The lowest BCUT2D eigenvalue weighted by atomic mass is 9.95. The van der Waals surface area contributed by atoms with Crippen molar-refractivity contribution in [3.05, 3.63) is 11.6 Å². The van der Waals surface area contributed by atoms with E-state index in [2.05, 4.69) is 19.7 Å². The van der Waals surface area contributed by atoms with E-state index in [0.717, 1.165) is 50.5 Å². The van der Waals surface area contributed by atoms with Crippen LogP contribution in [0, 0.1) is 0 Å². The second kappa shape index (κ2) is 5.62. The molecule has 1 aromatic heterocycles. The van der Waals surface area contributed by atoms with Crippen LogP contribution in [0.2, 0.25) is 0 Å². The van der Waals surface area contributed by atoms with E-state index >= 15 is 0 Å². The van der Waals surface area contributed by atoms with E-state index in [4.69, 9.17) is 4.84 Å². The van der Waals surface area contributed by atoms with Crippen LogP contribution in [0.1, 0.15) is 43.8 Å². The summed E-state index contributed by atoms with van der Waals surface area (Å²) in [7, 11) is 0. The maximum atomic E-state index is 12.3. The molecule has 2 saturated heterocycles. The highest BCUT2D eigenvalue weighted by atomic mass is 16.7. The van der Waals surface area contributed by atoms with Crippen LogP contribution in [0.15, 0.2) is 0 Å². The van der Waals surface area contributed by atoms with E-state index in [-0.39, 0.29) is 11.9 Å². The molecule has 0 radical (unpaired) electrons. The van der Waals surface area contributed by atoms with Crippen LogP contribution in [-0.4, -0.2) is 62.9 Å². The molecule has 7 heteroatoms. The zero-order chi connectivity index (χ0) is 15.1. The van der Waals surface area contributed by atoms with Gasteiger partial charge in [-0.1, -0.05) is 0 Å². The number of fused-ring (bicyclic) bond motifs is 1. The van der Waals surface area contributed by atoms with E-state index in [0.29, 0.717) is 19.1 Å². The molecule has 0 aromatic carbocycles. The molecule has 0 saturated carbocycles. The van der Waals surface area contributed by atoms with Crippen LogP contribution < -0.4 is 0 Å². The first-order valence-electron chi connectivity index (χ1n) is 8.38. The highest BCUT2D eigenvalue weighted by Crippen LogP contribution is 2.30. The van der Waals surface area contributed by atoms with Crippen LogP contribution in [0.3, 0.4) is 0 Å². The first kappa shape index (κ1) is 14.1. The Kier molecular flexibility index (Phi) is 3.62. The van der Waals surface area contributed by atoms with Crippen molar-refractivity contribution in [1.29, 1.82) is 0 Å². The summed E-state index contributed by atoms with van der Waals surface area (Å²) < 4.78 is 2.29. The van der Waals surface area contributed by atoms with Crippen molar-refractivity contribution in [1.82, 2.24) is 24.7 Å². The Balaban J connectivity index is 1.49. The molecule has 2 atom stereocenters. The molecule has 1 amide bonds. The monoisotopic (exact) mass is 305 g/mol. The van der Waals surface area contributed by atoms with E-state index in [1.165, 1.54) is 11.5 Å². The number of amides is 1. The number of carbonyl (C=O) groups excluding carboxylic acids is 1. The quantitative estimate of drug-likeness (QED) is 0.817. The number of likely N-dealkylation sites (tertiary alicyclic amines) is 1. The van der Waals surface area contributed by atoms with Crippen molar-refractivity contribution in [3.63, 3.8) is 0 Å². The Labute approximate surface area is 130 Å². The van der Waals surface area contributed by atoms with Gasteiger partial charge in [-0.2, -0.15) is 0 Å². The lowest BCUT2D eigenvalue weighted by Crippen LogP contribution is -2.47. The molecule has 2 fully saturated rings. The Morgan fingerprint density at radius 2 is 2.18 bits per heavy atom. The highest BCUT2D eigenvalue weighted by molar-refractivity contribution is 5.82. The van der Waals surface area contributed by atoms with Gasteiger partial charge < -0.3 is 4.57 Å². The van der Waals surface area contributed by atoms with Crippen molar-refractivity contribution in [2.75, 3.05) is 26.2 Å². The van der Waals surface area contributed by atoms with Gasteiger partial charge in [0.05, 0.1) is 6.61 Å². The molecule has 0 unspecified atom stereocenters. The molecule has 0 bridgehead atoms. The smallest absolute Gasteiger partial charge is 0.265 e. The normalized spacial score (nSPS) is 29.3. The summed E-state index contributed by atoms with van der Waals surface area (Å²) in [5.41, 5.74) is 0. The minimum Gasteiger partial charge on any atom is -0.315 e. The molecule has 0 spiro atoms. The number of carbonyl (C=O) groups is 1. The maximum Gasteiger partial charge on any atom is 0.265 e. The number of hydroxylamine groups is 2. The summed E-state index contributed by atoms with van der Waals surface area (Å²) in [6.07, 6.45) is 4.45. The Morgan fingerprint density at radius 1 is 1.27 bits per heavy atom. The summed E-state index contributed by atoms with van der Waals surface area (Å²) in [5, 5.41) is 10.3. The van der Waals surface area contributed by atoms with Crippen LogP contribution in [0.5, 0.6) is 0 Å². The third kappa shape index (κ3) is 2.23. The van der Waals surface area contributed by atoms with Crippen LogP contribution in [0.4, 0.5) is 0 Å². The fourth-order valence-electron chi connectivity index (χ4n) is 3.95. The lowest BCUT2D eigenvalue weighted by Gasteiger charge is -2.34. The molecule has 120 valence electrons. The Morgan fingerprint density at radius 3 is 3.00 bits per heavy atom. The molecular weight excluding hydrogens is 282 g/mol. The molecule has 22 heavy (non-hydrogen) atoms. The number of rotatable bonds is 3. The Hall–Kier alpha value is -1.47. The largest absolute Gasteiger partial charge is 0.315 e. The predicted octanol–water partition coefficient (Wildman–Crippen LogP) is 0.566. The summed E-state index contributed by atoms with van der Waals surface area (Å²) in [5.74, 6) is 2.74. The first-order valence-corrected chi connectivity index (χ1v) is 8.38.